The molecule has 3 heteroatoms. The number of fused-ring (bicyclic) bond motifs is 1. The Kier molecular flexibility index (Phi) is 5.13. The molecule has 0 radical (unpaired) electrons. The fraction of sp³-hybridized carbons (Fsp3) is 0.353. The van der Waals surface area contributed by atoms with E-state index in [1.54, 1.807) is 6.92 Å². The van der Waals surface area contributed by atoms with Crippen molar-refractivity contribution >= 4 is 16.7 Å². The van der Waals surface area contributed by atoms with E-state index in [4.69, 9.17) is 5.11 Å². The molecular formula is C17H21NO2. The molecule has 0 saturated heterocycles. The summed E-state index contributed by atoms with van der Waals surface area (Å²) in [7, 11) is 0. The smallest absolute Gasteiger partial charge is 0.220 e. The van der Waals surface area contributed by atoms with E-state index in [2.05, 4.69) is 35.6 Å². The molecule has 3 nitrogen and oxygen atoms in total. The molecule has 106 valence electrons. The number of hydrogen-bond donors (Lipinski definition) is 2. The summed E-state index contributed by atoms with van der Waals surface area (Å²) in [4.78, 5) is 11.5. The number of benzene rings is 2. The lowest BCUT2D eigenvalue weighted by Gasteiger charge is -2.07. The average molecular weight is 271 g/mol. The van der Waals surface area contributed by atoms with Gasteiger partial charge in [0.25, 0.3) is 0 Å². The van der Waals surface area contributed by atoms with Crippen LogP contribution in [0.1, 0.15) is 25.3 Å². The molecule has 0 bridgehead atoms. The van der Waals surface area contributed by atoms with Crippen LogP contribution in [0.5, 0.6) is 0 Å². The summed E-state index contributed by atoms with van der Waals surface area (Å²) < 4.78 is 0. The van der Waals surface area contributed by atoms with Crippen LogP contribution in [0.4, 0.5) is 0 Å². The zero-order valence-electron chi connectivity index (χ0n) is 11.8. The summed E-state index contributed by atoms with van der Waals surface area (Å²) in [6.45, 7) is 1.99. The lowest BCUT2D eigenvalue weighted by atomic mass is 10.0. The van der Waals surface area contributed by atoms with E-state index in [1.807, 2.05) is 12.1 Å². The first-order valence-electron chi connectivity index (χ1n) is 7.07. The standard InChI is InChI=1S/C17H21NO2/c1-13(19)12-18-17(20)8-4-5-14-9-10-15-6-2-3-7-16(15)11-14/h2-3,6-7,9-11,13,19H,4-5,8,12H2,1H3,(H,18,20). The molecular weight excluding hydrogens is 250 g/mol. The van der Waals surface area contributed by atoms with Gasteiger partial charge < -0.3 is 10.4 Å². The second-order valence-electron chi connectivity index (χ2n) is 5.19. The third-order valence-electron chi connectivity index (χ3n) is 3.28. The van der Waals surface area contributed by atoms with E-state index >= 15 is 0 Å². The molecule has 2 aromatic rings. The quantitative estimate of drug-likeness (QED) is 0.848. The first-order chi connectivity index (χ1) is 9.65. The number of rotatable bonds is 6. The first-order valence-corrected chi connectivity index (χ1v) is 7.07. The highest BCUT2D eigenvalue weighted by molar-refractivity contribution is 5.83. The largest absolute Gasteiger partial charge is 0.392 e. The van der Waals surface area contributed by atoms with Gasteiger partial charge in [-0.05, 0) is 36.1 Å². The second kappa shape index (κ2) is 7.06. The lowest BCUT2D eigenvalue weighted by molar-refractivity contribution is -0.121. The minimum atomic E-state index is -0.487. The summed E-state index contributed by atoms with van der Waals surface area (Å²) in [5.74, 6) is 0.00619. The van der Waals surface area contributed by atoms with Gasteiger partial charge in [0.1, 0.15) is 0 Å². The van der Waals surface area contributed by atoms with E-state index in [-0.39, 0.29) is 5.91 Å². The number of carbonyl (C=O) groups is 1. The van der Waals surface area contributed by atoms with Crippen LogP contribution < -0.4 is 5.32 Å². The third-order valence-corrected chi connectivity index (χ3v) is 3.28. The number of aryl methyl sites for hydroxylation is 1. The van der Waals surface area contributed by atoms with E-state index < -0.39 is 6.10 Å². The number of hydrogen-bond acceptors (Lipinski definition) is 2. The van der Waals surface area contributed by atoms with Crippen molar-refractivity contribution in [2.24, 2.45) is 0 Å². The Balaban J connectivity index is 1.82. The summed E-state index contributed by atoms with van der Waals surface area (Å²) in [5, 5.41) is 14.3. The molecule has 0 aliphatic carbocycles. The van der Waals surface area contributed by atoms with Crippen molar-refractivity contribution in [3.8, 4) is 0 Å². The van der Waals surface area contributed by atoms with Gasteiger partial charge in [-0.15, -0.1) is 0 Å². The molecule has 0 heterocycles. The van der Waals surface area contributed by atoms with Crippen molar-refractivity contribution in [1.29, 1.82) is 0 Å². The van der Waals surface area contributed by atoms with Crippen LogP contribution in [0, 0.1) is 0 Å². The average Bonchev–Trinajstić information content (AvgIpc) is 2.45. The molecule has 1 amide bonds. The maximum atomic E-state index is 11.5. The van der Waals surface area contributed by atoms with E-state index in [9.17, 15) is 4.79 Å². The fourth-order valence-electron chi connectivity index (χ4n) is 2.20. The van der Waals surface area contributed by atoms with Crippen molar-refractivity contribution in [1.82, 2.24) is 5.32 Å². The number of amides is 1. The Morgan fingerprint density at radius 2 is 1.95 bits per heavy atom. The monoisotopic (exact) mass is 271 g/mol. The summed E-state index contributed by atoms with van der Waals surface area (Å²) in [6, 6.07) is 14.7. The molecule has 0 spiro atoms. The third kappa shape index (κ3) is 4.35. The van der Waals surface area contributed by atoms with Gasteiger partial charge in [-0.2, -0.15) is 0 Å². The zero-order chi connectivity index (χ0) is 14.4. The van der Waals surface area contributed by atoms with Gasteiger partial charge in [-0.1, -0.05) is 42.5 Å². The number of nitrogens with one attached hydrogen (secondary N) is 1. The van der Waals surface area contributed by atoms with Gasteiger partial charge >= 0.3 is 0 Å². The molecule has 0 fully saturated rings. The van der Waals surface area contributed by atoms with Gasteiger partial charge in [-0.3, -0.25) is 4.79 Å². The zero-order valence-corrected chi connectivity index (χ0v) is 11.8. The molecule has 0 saturated carbocycles. The first kappa shape index (κ1) is 14.5. The van der Waals surface area contributed by atoms with Gasteiger partial charge in [0, 0.05) is 13.0 Å². The number of aliphatic hydroxyl groups excluding tert-OH is 1. The van der Waals surface area contributed by atoms with Crippen LogP contribution in [0.25, 0.3) is 10.8 Å². The van der Waals surface area contributed by atoms with Crippen molar-refractivity contribution < 1.29 is 9.90 Å². The second-order valence-corrected chi connectivity index (χ2v) is 5.19. The fourth-order valence-corrected chi connectivity index (χ4v) is 2.20. The van der Waals surface area contributed by atoms with Crippen LogP contribution in [0.15, 0.2) is 42.5 Å². The Hall–Kier alpha value is -1.87. The van der Waals surface area contributed by atoms with E-state index in [0.717, 1.165) is 12.8 Å². The highest BCUT2D eigenvalue weighted by atomic mass is 16.3. The highest BCUT2D eigenvalue weighted by Crippen LogP contribution is 2.16. The number of carbonyl (C=O) groups excluding carboxylic acids is 1. The minimum absolute atomic E-state index is 0.00619. The van der Waals surface area contributed by atoms with Gasteiger partial charge in [0.05, 0.1) is 6.10 Å². The van der Waals surface area contributed by atoms with Crippen molar-refractivity contribution in [2.45, 2.75) is 32.3 Å². The maximum Gasteiger partial charge on any atom is 0.220 e. The van der Waals surface area contributed by atoms with Gasteiger partial charge in [-0.25, -0.2) is 0 Å². The molecule has 2 aromatic carbocycles. The van der Waals surface area contributed by atoms with E-state index in [1.165, 1.54) is 16.3 Å². The minimum Gasteiger partial charge on any atom is -0.392 e. The Bertz CT molecular complexity index is 578. The SMILES string of the molecule is CC(O)CNC(=O)CCCc1ccc2ccccc2c1. The van der Waals surface area contributed by atoms with Crippen LogP contribution in [0.2, 0.25) is 0 Å². The lowest BCUT2D eigenvalue weighted by Crippen LogP contribution is -2.30. The molecule has 20 heavy (non-hydrogen) atoms. The van der Waals surface area contributed by atoms with Crippen molar-refractivity contribution in [3.63, 3.8) is 0 Å². The molecule has 1 atom stereocenters. The summed E-state index contributed by atoms with van der Waals surface area (Å²) in [6.07, 6.45) is 1.73. The summed E-state index contributed by atoms with van der Waals surface area (Å²) >= 11 is 0. The predicted octanol–water partition coefficient (Wildman–Crippen LogP) is 2.66. The molecule has 2 N–H and O–H groups in total. The predicted molar refractivity (Wildman–Crippen MR) is 81.6 cm³/mol. The van der Waals surface area contributed by atoms with E-state index in [0.29, 0.717) is 13.0 Å². The maximum absolute atomic E-state index is 11.5. The van der Waals surface area contributed by atoms with Crippen molar-refractivity contribution in [2.75, 3.05) is 6.54 Å². The topological polar surface area (TPSA) is 49.3 Å². The Morgan fingerprint density at radius 3 is 2.70 bits per heavy atom. The van der Waals surface area contributed by atoms with Crippen LogP contribution in [-0.2, 0) is 11.2 Å². The molecule has 2 rings (SSSR count). The Morgan fingerprint density at radius 1 is 1.20 bits per heavy atom. The molecule has 0 aliphatic rings. The number of aliphatic hydroxyl groups is 1. The summed E-state index contributed by atoms with van der Waals surface area (Å²) in [5.41, 5.74) is 1.26. The Labute approximate surface area is 119 Å². The van der Waals surface area contributed by atoms with Crippen LogP contribution in [-0.4, -0.2) is 23.7 Å². The highest BCUT2D eigenvalue weighted by Gasteiger charge is 2.03. The van der Waals surface area contributed by atoms with Gasteiger partial charge in [0.15, 0.2) is 0 Å². The molecule has 0 aromatic heterocycles. The van der Waals surface area contributed by atoms with Crippen LogP contribution in [0.3, 0.4) is 0 Å². The van der Waals surface area contributed by atoms with Crippen LogP contribution >= 0.6 is 0 Å². The normalized spacial score (nSPS) is 12.3. The van der Waals surface area contributed by atoms with Crippen molar-refractivity contribution in [3.05, 3.63) is 48.0 Å². The van der Waals surface area contributed by atoms with Gasteiger partial charge in [0.2, 0.25) is 5.91 Å². The molecule has 1 unspecified atom stereocenters. The molecule has 0 aliphatic heterocycles.